The van der Waals surface area contributed by atoms with E-state index in [1.165, 1.54) is 17.7 Å². The summed E-state index contributed by atoms with van der Waals surface area (Å²) in [7, 11) is 3.53. The Morgan fingerprint density at radius 2 is 2.18 bits per heavy atom. The number of piperidine rings is 1. The highest BCUT2D eigenvalue weighted by atomic mass is 32.1. The van der Waals surface area contributed by atoms with Gasteiger partial charge in [0.15, 0.2) is 5.96 Å². The Bertz CT molecular complexity index is 490. The lowest BCUT2D eigenvalue weighted by Crippen LogP contribution is -2.45. The average Bonchev–Trinajstić information content (AvgIpc) is 3.01. The summed E-state index contributed by atoms with van der Waals surface area (Å²) in [4.78, 5) is 21.5. The van der Waals surface area contributed by atoms with Gasteiger partial charge in [0.05, 0.1) is 6.54 Å². The van der Waals surface area contributed by atoms with Gasteiger partial charge < -0.3 is 15.1 Å². The Morgan fingerprint density at radius 1 is 1.45 bits per heavy atom. The third-order valence-electron chi connectivity index (χ3n) is 3.95. The van der Waals surface area contributed by atoms with Gasteiger partial charge in [0.2, 0.25) is 5.91 Å². The van der Waals surface area contributed by atoms with Crippen molar-refractivity contribution in [1.29, 1.82) is 0 Å². The summed E-state index contributed by atoms with van der Waals surface area (Å²) in [5.41, 5.74) is 0. The van der Waals surface area contributed by atoms with Crippen LogP contribution in [0, 0.1) is 5.92 Å². The normalized spacial score (nSPS) is 16.7. The zero-order valence-electron chi connectivity index (χ0n) is 13.7. The largest absolute Gasteiger partial charge is 0.351 e. The number of carbonyl (C=O) groups is 1. The number of nitrogens with zero attached hydrogens (tertiary/aromatic N) is 3. The summed E-state index contributed by atoms with van der Waals surface area (Å²) >= 11 is 1.73. The molecular weight excluding hydrogens is 296 g/mol. The van der Waals surface area contributed by atoms with Crippen molar-refractivity contribution >= 4 is 23.2 Å². The molecule has 1 amide bonds. The van der Waals surface area contributed by atoms with Gasteiger partial charge in [0.1, 0.15) is 6.54 Å². The van der Waals surface area contributed by atoms with Crippen LogP contribution in [0.1, 0.15) is 24.6 Å². The quantitative estimate of drug-likeness (QED) is 0.681. The van der Waals surface area contributed by atoms with Crippen molar-refractivity contribution in [3.8, 4) is 0 Å². The second kappa shape index (κ2) is 8.17. The molecule has 1 saturated heterocycles. The summed E-state index contributed by atoms with van der Waals surface area (Å²) < 4.78 is 0. The number of likely N-dealkylation sites (N-methyl/N-ethyl adjacent to an activating group) is 1. The number of hydrogen-bond acceptors (Lipinski definition) is 3. The standard InChI is InChI=1S/C16H26N4OS/c1-13-6-8-20(9-7-13)16(18-12-15(21)19(2)3)17-11-14-5-4-10-22-14/h4-5,10,13H,6-9,11-12H2,1-3H3,(H,17,18). The van der Waals surface area contributed by atoms with Gasteiger partial charge in [-0.05, 0) is 30.2 Å². The lowest BCUT2D eigenvalue weighted by molar-refractivity contribution is -0.127. The molecule has 1 aromatic heterocycles. The van der Waals surface area contributed by atoms with Crippen LogP contribution >= 0.6 is 11.3 Å². The molecule has 1 aromatic rings. The Balaban J connectivity index is 1.99. The first-order valence-corrected chi connectivity index (χ1v) is 8.70. The fourth-order valence-corrected chi connectivity index (χ4v) is 3.00. The van der Waals surface area contributed by atoms with Gasteiger partial charge in [-0.1, -0.05) is 13.0 Å². The van der Waals surface area contributed by atoms with E-state index in [1.807, 2.05) is 0 Å². The maximum Gasteiger partial charge on any atom is 0.243 e. The van der Waals surface area contributed by atoms with Gasteiger partial charge in [-0.2, -0.15) is 0 Å². The van der Waals surface area contributed by atoms with E-state index in [0.29, 0.717) is 0 Å². The van der Waals surface area contributed by atoms with Gasteiger partial charge >= 0.3 is 0 Å². The molecule has 2 rings (SSSR count). The topological polar surface area (TPSA) is 47.9 Å². The Morgan fingerprint density at radius 3 is 2.77 bits per heavy atom. The van der Waals surface area contributed by atoms with Gasteiger partial charge in [0.25, 0.3) is 0 Å². The molecule has 0 unspecified atom stereocenters. The number of nitrogens with one attached hydrogen (secondary N) is 1. The second-order valence-corrected chi connectivity index (χ2v) is 7.06. The van der Waals surface area contributed by atoms with Crippen molar-refractivity contribution in [2.24, 2.45) is 10.9 Å². The predicted octanol–water partition coefficient (Wildman–Crippen LogP) is 2.01. The van der Waals surface area contributed by atoms with Crippen molar-refractivity contribution in [1.82, 2.24) is 15.1 Å². The smallest absolute Gasteiger partial charge is 0.243 e. The van der Waals surface area contributed by atoms with Crippen LogP contribution in [0.2, 0.25) is 0 Å². The Hall–Kier alpha value is -1.56. The average molecular weight is 322 g/mol. The molecule has 22 heavy (non-hydrogen) atoms. The molecule has 0 spiro atoms. The summed E-state index contributed by atoms with van der Waals surface area (Å²) in [5.74, 6) is 1.66. The van der Waals surface area contributed by atoms with E-state index in [4.69, 9.17) is 0 Å². The number of aliphatic imine (C=N–C) groups is 1. The number of amides is 1. The molecule has 0 aliphatic carbocycles. The van der Waals surface area contributed by atoms with Crippen LogP contribution in [0.3, 0.4) is 0 Å². The van der Waals surface area contributed by atoms with E-state index < -0.39 is 0 Å². The maximum absolute atomic E-state index is 11.8. The molecule has 0 radical (unpaired) electrons. The third-order valence-corrected chi connectivity index (χ3v) is 4.82. The lowest BCUT2D eigenvalue weighted by Gasteiger charge is -2.33. The fraction of sp³-hybridized carbons (Fsp3) is 0.625. The van der Waals surface area contributed by atoms with Crippen LogP contribution in [0.15, 0.2) is 22.5 Å². The van der Waals surface area contributed by atoms with Crippen LogP contribution in [-0.4, -0.2) is 55.4 Å². The molecule has 1 N–H and O–H groups in total. The van der Waals surface area contributed by atoms with Crippen molar-refractivity contribution < 1.29 is 4.79 Å². The number of rotatable bonds is 4. The first kappa shape index (κ1) is 16.8. The van der Waals surface area contributed by atoms with Crippen LogP contribution in [0.4, 0.5) is 0 Å². The van der Waals surface area contributed by atoms with Gasteiger partial charge in [0, 0.05) is 32.1 Å². The van der Waals surface area contributed by atoms with E-state index in [9.17, 15) is 4.79 Å². The molecule has 1 aliphatic rings. The van der Waals surface area contributed by atoms with Crippen LogP contribution in [0.5, 0.6) is 0 Å². The first-order valence-electron chi connectivity index (χ1n) is 7.82. The molecule has 2 heterocycles. The summed E-state index contributed by atoms with van der Waals surface area (Å²) in [6.45, 7) is 5.27. The summed E-state index contributed by atoms with van der Waals surface area (Å²) in [6.07, 6.45) is 2.36. The highest BCUT2D eigenvalue weighted by Gasteiger charge is 2.19. The number of hydrogen-bond donors (Lipinski definition) is 1. The van der Waals surface area contributed by atoms with Crippen LogP contribution in [0.25, 0.3) is 0 Å². The van der Waals surface area contributed by atoms with E-state index in [2.05, 4.69) is 39.6 Å². The van der Waals surface area contributed by atoms with Crippen molar-refractivity contribution in [2.45, 2.75) is 26.3 Å². The number of guanidine groups is 1. The minimum atomic E-state index is 0.0285. The maximum atomic E-state index is 11.8. The van der Waals surface area contributed by atoms with Gasteiger partial charge in [-0.3, -0.25) is 4.79 Å². The monoisotopic (exact) mass is 322 g/mol. The van der Waals surface area contributed by atoms with Crippen LogP contribution < -0.4 is 5.32 Å². The first-order chi connectivity index (χ1) is 10.6. The highest BCUT2D eigenvalue weighted by molar-refractivity contribution is 7.09. The molecule has 6 heteroatoms. The number of carbonyl (C=O) groups excluding carboxylic acids is 1. The molecule has 0 saturated carbocycles. The zero-order valence-corrected chi connectivity index (χ0v) is 14.5. The Labute approximate surface area is 137 Å². The molecule has 122 valence electrons. The van der Waals surface area contributed by atoms with Crippen molar-refractivity contribution in [3.05, 3.63) is 22.4 Å². The lowest BCUT2D eigenvalue weighted by atomic mass is 10.00. The minimum absolute atomic E-state index is 0.0285. The molecule has 0 atom stereocenters. The highest BCUT2D eigenvalue weighted by Crippen LogP contribution is 2.16. The molecule has 1 aliphatic heterocycles. The summed E-state index contributed by atoms with van der Waals surface area (Å²) in [6, 6.07) is 4.16. The second-order valence-electron chi connectivity index (χ2n) is 6.03. The number of thiophene rings is 1. The van der Waals surface area contributed by atoms with Gasteiger partial charge in [-0.15, -0.1) is 11.3 Å². The van der Waals surface area contributed by atoms with E-state index in [1.54, 1.807) is 30.3 Å². The minimum Gasteiger partial charge on any atom is -0.351 e. The van der Waals surface area contributed by atoms with E-state index in [-0.39, 0.29) is 12.5 Å². The molecular formula is C16H26N4OS. The molecule has 0 bridgehead atoms. The predicted molar refractivity (Wildman–Crippen MR) is 92.1 cm³/mol. The fourth-order valence-electron chi connectivity index (χ4n) is 2.35. The van der Waals surface area contributed by atoms with Crippen LogP contribution in [-0.2, 0) is 11.3 Å². The summed E-state index contributed by atoms with van der Waals surface area (Å²) in [5, 5.41) is 5.49. The van der Waals surface area contributed by atoms with Gasteiger partial charge in [-0.25, -0.2) is 4.99 Å². The third kappa shape index (κ3) is 5.02. The zero-order chi connectivity index (χ0) is 15.9. The van der Waals surface area contributed by atoms with Crippen molar-refractivity contribution in [3.63, 3.8) is 0 Å². The van der Waals surface area contributed by atoms with E-state index in [0.717, 1.165) is 31.5 Å². The van der Waals surface area contributed by atoms with E-state index >= 15 is 0 Å². The Kier molecular flexibility index (Phi) is 6.24. The number of likely N-dealkylation sites (tertiary alicyclic amines) is 1. The SMILES string of the molecule is CC1CCN(C(=NCC(=O)N(C)C)NCc2cccs2)CC1. The molecule has 0 aromatic carbocycles. The molecule has 5 nitrogen and oxygen atoms in total. The molecule has 1 fully saturated rings. The van der Waals surface area contributed by atoms with Crippen molar-refractivity contribution in [2.75, 3.05) is 33.7 Å².